The lowest BCUT2D eigenvalue weighted by Gasteiger charge is -2.03. The van der Waals surface area contributed by atoms with Gasteiger partial charge in [-0.15, -0.1) is 0 Å². The molecule has 0 aliphatic heterocycles. The molecule has 0 spiro atoms. The maximum Gasteiger partial charge on any atom is 0.159 e. The van der Waals surface area contributed by atoms with Crippen LogP contribution in [0.5, 0.6) is 0 Å². The van der Waals surface area contributed by atoms with Crippen LogP contribution >= 0.6 is 0 Å². The van der Waals surface area contributed by atoms with E-state index >= 15 is 0 Å². The minimum atomic E-state index is 0.970. The molecule has 0 saturated heterocycles. The van der Waals surface area contributed by atoms with Gasteiger partial charge in [0.05, 0.1) is 0 Å². The molecule has 2 aromatic rings. The molecule has 0 radical (unpaired) electrons. The number of hydrogen-bond acceptors (Lipinski definition) is 1. The second-order valence-electron chi connectivity index (χ2n) is 3.36. The summed E-state index contributed by atoms with van der Waals surface area (Å²) < 4.78 is 2.13. The molecule has 2 rings (SSSR count). The van der Waals surface area contributed by atoms with E-state index in [4.69, 9.17) is 0 Å². The Hall–Kier alpha value is -1.51. The van der Waals surface area contributed by atoms with Gasteiger partial charge in [-0.1, -0.05) is 0 Å². The van der Waals surface area contributed by atoms with Crippen LogP contribution in [0.2, 0.25) is 0 Å². The summed E-state index contributed by atoms with van der Waals surface area (Å²) in [5, 5.41) is 7.16. The quantitative estimate of drug-likeness (QED) is 0.707. The van der Waals surface area contributed by atoms with Crippen molar-refractivity contribution < 1.29 is 0 Å². The molecule has 68 valence electrons. The van der Waals surface area contributed by atoms with Crippen LogP contribution < -0.4 is 0 Å². The van der Waals surface area contributed by atoms with Crippen LogP contribution in [-0.4, -0.2) is 14.8 Å². The molecule has 0 bridgehead atoms. The van der Waals surface area contributed by atoms with Gasteiger partial charge >= 0.3 is 0 Å². The Morgan fingerprint density at radius 1 is 1.15 bits per heavy atom. The van der Waals surface area contributed by atoms with Crippen molar-refractivity contribution in [1.82, 2.24) is 14.8 Å². The zero-order valence-electron chi connectivity index (χ0n) is 8.13. The van der Waals surface area contributed by atoms with Crippen molar-refractivity contribution in [2.24, 2.45) is 0 Å². The first-order chi connectivity index (χ1) is 6.18. The number of nitrogens with one attached hydrogen (secondary N) is 1. The second-order valence-corrected chi connectivity index (χ2v) is 3.36. The van der Waals surface area contributed by atoms with Crippen molar-refractivity contribution in [2.45, 2.75) is 20.8 Å². The number of rotatable bonds is 1. The van der Waals surface area contributed by atoms with Gasteiger partial charge in [0.25, 0.3) is 0 Å². The number of aromatic amines is 1. The van der Waals surface area contributed by atoms with E-state index in [1.165, 1.54) is 11.4 Å². The average molecular weight is 175 g/mol. The van der Waals surface area contributed by atoms with Crippen molar-refractivity contribution in [3.8, 4) is 5.82 Å². The van der Waals surface area contributed by atoms with Gasteiger partial charge in [0.15, 0.2) is 5.82 Å². The smallest absolute Gasteiger partial charge is 0.159 e. The maximum atomic E-state index is 4.22. The summed E-state index contributed by atoms with van der Waals surface area (Å²) in [4.78, 5) is 0. The van der Waals surface area contributed by atoms with Crippen molar-refractivity contribution in [3.63, 3.8) is 0 Å². The number of aryl methyl sites for hydroxylation is 3. The summed E-state index contributed by atoms with van der Waals surface area (Å²) in [6.45, 7) is 6.17. The lowest BCUT2D eigenvalue weighted by Crippen LogP contribution is -1.98. The molecule has 3 nitrogen and oxygen atoms in total. The molecule has 0 atom stereocenters. The standard InChI is InChI=1S/C10H13N3/c1-7-6-10(12-11-7)13-8(2)4-5-9(13)3/h4-6H,1-3H3,(H,11,12). The average Bonchev–Trinajstić information content (AvgIpc) is 2.60. The van der Waals surface area contributed by atoms with E-state index < -0.39 is 0 Å². The van der Waals surface area contributed by atoms with Crippen LogP contribution in [0.1, 0.15) is 17.1 Å². The summed E-state index contributed by atoms with van der Waals surface area (Å²) in [7, 11) is 0. The maximum absolute atomic E-state index is 4.22. The van der Waals surface area contributed by atoms with Crippen molar-refractivity contribution in [2.75, 3.05) is 0 Å². The molecule has 1 N–H and O–H groups in total. The van der Waals surface area contributed by atoms with E-state index in [1.54, 1.807) is 0 Å². The molecule has 0 fully saturated rings. The SMILES string of the molecule is Cc1cc(-n2c(C)ccc2C)n[nH]1. The van der Waals surface area contributed by atoms with Gasteiger partial charge in [-0.05, 0) is 32.9 Å². The first kappa shape index (κ1) is 8.10. The fraction of sp³-hybridized carbons (Fsp3) is 0.300. The molecule has 2 aromatic heterocycles. The Bertz CT molecular complexity index is 404. The normalized spacial score (nSPS) is 10.7. The third-order valence-corrected chi connectivity index (χ3v) is 2.19. The van der Waals surface area contributed by atoms with Gasteiger partial charge in [0.2, 0.25) is 0 Å². The van der Waals surface area contributed by atoms with Gasteiger partial charge in [-0.2, -0.15) is 5.10 Å². The van der Waals surface area contributed by atoms with Gasteiger partial charge in [-0.25, -0.2) is 0 Å². The molecule has 0 unspecified atom stereocenters. The summed E-state index contributed by atoms with van der Waals surface area (Å²) in [6, 6.07) is 6.23. The van der Waals surface area contributed by atoms with Gasteiger partial charge < -0.3 is 4.57 Å². The lowest BCUT2D eigenvalue weighted by molar-refractivity contribution is 0.899. The van der Waals surface area contributed by atoms with Crippen molar-refractivity contribution in [3.05, 3.63) is 35.3 Å². The fourth-order valence-corrected chi connectivity index (χ4v) is 1.55. The topological polar surface area (TPSA) is 33.6 Å². The van der Waals surface area contributed by atoms with Crippen molar-refractivity contribution in [1.29, 1.82) is 0 Å². The van der Waals surface area contributed by atoms with Gasteiger partial charge in [0.1, 0.15) is 0 Å². The van der Waals surface area contributed by atoms with Crippen LogP contribution in [0.4, 0.5) is 0 Å². The first-order valence-electron chi connectivity index (χ1n) is 4.36. The largest absolute Gasteiger partial charge is 0.302 e. The van der Waals surface area contributed by atoms with Crippen LogP contribution in [0.15, 0.2) is 18.2 Å². The van der Waals surface area contributed by atoms with Crippen molar-refractivity contribution >= 4 is 0 Å². The highest BCUT2D eigenvalue weighted by Gasteiger charge is 2.05. The van der Waals surface area contributed by atoms with E-state index in [0.717, 1.165) is 11.5 Å². The highest BCUT2D eigenvalue weighted by Crippen LogP contribution is 2.14. The Kier molecular flexibility index (Phi) is 1.72. The Labute approximate surface area is 77.4 Å². The highest BCUT2D eigenvalue weighted by atomic mass is 15.2. The third-order valence-electron chi connectivity index (χ3n) is 2.19. The highest BCUT2D eigenvalue weighted by molar-refractivity contribution is 5.31. The minimum Gasteiger partial charge on any atom is -0.302 e. The lowest BCUT2D eigenvalue weighted by atomic mass is 10.4. The number of H-pyrrole nitrogens is 1. The summed E-state index contributed by atoms with van der Waals surface area (Å²) in [5.74, 6) is 0.970. The minimum absolute atomic E-state index is 0.970. The Balaban J connectivity index is 2.57. The molecule has 0 aliphatic rings. The summed E-state index contributed by atoms with van der Waals surface area (Å²) in [5.41, 5.74) is 3.51. The first-order valence-corrected chi connectivity index (χ1v) is 4.36. The molecule has 2 heterocycles. The molecule has 0 saturated carbocycles. The molecule has 13 heavy (non-hydrogen) atoms. The predicted octanol–water partition coefficient (Wildman–Crippen LogP) is 2.13. The second kappa shape index (κ2) is 2.76. The molecule has 0 amide bonds. The third kappa shape index (κ3) is 1.26. The van der Waals surface area contributed by atoms with Gasteiger partial charge in [0, 0.05) is 23.1 Å². The molecule has 3 heteroatoms. The van der Waals surface area contributed by atoms with E-state index in [0.29, 0.717) is 0 Å². The van der Waals surface area contributed by atoms with E-state index in [2.05, 4.69) is 40.7 Å². The fourth-order valence-electron chi connectivity index (χ4n) is 1.55. The molecule has 0 aromatic carbocycles. The summed E-state index contributed by atoms with van der Waals surface area (Å²) >= 11 is 0. The van der Waals surface area contributed by atoms with E-state index in [-0.39, 0.29) is 0 Å². The number of aromatic nitrogens is 3. The van der Waals surface area contributed by atoms with E-state index in [1.807, 2.05) is 13.0 Å². The molecular weight excluding hydrogens is 162 g/mol. The van der Waals surface area contributed by atoms with Crippen LogP contribution in [0, 0.1) is 20.8 Å². The summed E-state index contributed by atoms with van der Waals surface area (Å²) in [6.07, 6.45) is 0. The predicted molar refractivity (Wildman–Crippen MR) is 52.1 cm³/mol. The van der Waals surface area contributed by atoms with Crippen LogP contribution in [0.25, 0.3) is 5.82 Å². The Morgan fingerprint density at radius 2 is 1.77 bits per heavy atom. The zero-order valence-corrected chi connectivity index (χ0v) is 8.13. The van der Waals surface area contributed by atoms with Gasteiger partial charge in [-0.3, -0.25) is 5.10 Å². The zero-order chi connectivity index (χ0) is 9.42. The monoisotopic (exact) mass is 175 g/mol. The van der Waals surface area contributed by atoms with Crippen LogP contribution in [-0.2, 0) is 0 Å². The van der Waals surface area contributed by atoms with E-state index in [9.17, 15) is 0 Å². The molecule has 0 aliphatic carbocycles. The number of nitrogens with zero attached hydrogens (tertiary/aromatic N) is 2. The Morgan fingerprint density at radius 3 is 2.23 bits per heavy atom. The molecular formula is C10H13N3. The number of hydrogen-bond donors (Lipinski definition) is 1. The van der Waals surface area contributed by atoms with Crippen LogP contribution in [0.3, 0.4) is 0 Å².